The van der Waals surface area contributed by atoms with Crippen LogP contribution in [0.25, 0.3) is 0 Å². The second kappa shape index (κ2) is 2.45. The van der Waals surface area contributed by atoms with E-state index in [4.69, 9.17) is 9.15 Å². The molecular weight excluding hydrogens is 170 g/mol. The molecule has 5 nitrogen and oxygen atoms in total. The molecule has 2 aliphatic heterocycles. The molecule has 70 valence electrons. The van der Waals surface area contributed by atoms with Crippen molar-refractivity contribution in [2.24, 2.45) is 0 Å². The van der Waals surface area contributed by atoms with Crippen molar-refractivity contribution >= 4 is 6.01 Å². The van der Waals surface area contributed by atoms with Crippen LogP contribution >= 0.6 is 0 Å². The number of anilines is 1. The lowest BCUT2D eigenvalue weighted by Crippen LogP contribution is -2.61. The van der Waals surface area contributed by atoms with E-state index < -0.39 is 0 Å². The van der Waals surface area contributed by atoms with Crippen molar-refractivity contribution in [2.75, 3.05) is 24.6 Å². The average Bonchev–Trinajstić information content (AvgIpc) is 2.72. The van der Waals surface area contributed by atoms with Crippen molar-refractivity contribution in [1.82, 2.24) is 10.2 Å². The minimum atomic E-state index is 0.106. The largest absolute Gasteiger partial charge is 0.411 e. The summed E-state index contributed by atoms with van der Waals surface area (Å²) < 4.78 is 10.8. The summed E-state index contributed by atoms with van der Waals surface area (Å²) in [6.45, 7) is 2.70. The predicted octanol–water partition coefficient (Wildman–Crippen LogP) is 0.439. The lowest BCUT2D eigenvalue weighted by atomic mass is 9.91. The molecule has 0 saturated carbocycles. The number of rotatable bonds is 1. The van der Waals surface area contributed by atoms with Gasteiger partial charge in [0.05, 0.1) is 13.1 Å². The van der Waals surface area contributed by atoms with Crippen LogP contribution < -0.4 is 4.90 Å². The molecule has 0 unspecified atom stereocenters. The topological polar surface area (TPSA) is 51.4 Å². The maximum atomic E-state index is 5.67. The van der Waals surface area contributed by atoms with E-state index in [1.165, 1.54) is 12.8 Å². The molecule has 0 amide bonds. The van der Waals surface area contributed by atoms with E-state index in [1.54, 1.807) is 0 Å². The number of ether oxygens (including phenoxy) is 1. The third-order valence-electron chi connectivity index (χ3n) is 2.76. The van der Waals surface area contributed by atoms with Gasteiger partial charge in [0.25, 0.3) is 0 Å². The first-order valence-corrected chi connectivity index (χ1v) is 4.53. The van der Waals surface area contributed by atoms with Gasteiger partial charge in [0.1, 0.15) is 5.60 Å². The molecule has 0 aliphatic carbocycles. The van der Waals surface area contributed by atoms with Crippen molar-refractivity contribution < 1.29 is 9.15 Å². The highest BCUT2D eigenvalue weighted by atomic mass is 16.5. The third-order valence-corrected chi connectivity index (χ3v) is 2.76. The summed E-state index contributed by atoms with van der Waals surface area (Å²) in [4.78, 5) is 2.05. The minimum absolute atomic E-state index is 0.106. The summed E-state index contributed by atoms with van der Waals surface area (Å²) in [6.07, 6.45) is 3.70. The molecule has 5 heteroatoms. The standard InChI is InChI=1S/C8H11N3O2/c1-2-8(13-3-1)4-11(5-8)7-10-9-6-12-7/h6H,1-5H2. The first-order chi connectivity index (χ1) is 6.38. The second-order valence-corrected chi connectivity index (χ2v) is 3.71. The Balaban J connectivity index is 1.68. The molecule has 2 saturated heterocycles. The molecule has 0 aromatic carbocycles. The Kier molecular flexibility index (Phi) is 1.38. The molecule has 0 bridgehead atoms. The highest BCUT2D eigenvalue weighted by molar-refractivity contribution is 5.33. The van der Waals surface area contributed by atoms with Gasteiger partial charge >= 0.3 is 6.01 Å². The van der Waals surface area contributed by atoms with E-state index in [0.29, 0.717) is 6.01 Å². The van der Waals surface area contributed by atoms with Gasteiger partial charge in [0.15, 0.2) is 0 Å². The molecule has 3 heterocycles. The van der Waals surface area contributed by atoms with Gasteiger partial charge in [-0.1, -0.05) is 5.10 Å². The van der Waals surface area contributed by atoms with Gasteiger partial charge in [-0.25, -0.2) is 0 Å². The highest BCUT2D eigenvalue weighted by Crippen LogP contribution is 2.36. The van der Waals surface area contributed by atoms with Gasteiger partial charge in [-0.15, -0.1) is 5.10 Å². The summed E-state index contributed by atoms with van der Waals surface area (Å²) >= 11 is 0. The Morgan fingerprint density at radius 3 is 3.00 bits per heavy atom. The van der Waals surface area contributed by atoms with Crippen molar-refractivity contribution in [3.05, 3.63) is 6.39 Å². The minimum Gasteiger partial charge on any atom is -0.411 e. The summed E-state index contributed by atoms with van der Waals surface area (Å²) in [5.41, 5.74) is 0.106. The fourth-order valence-electron chi connectivity index (χ4n) is 2.09. The van der Waals surface area contributed by atoms with Crippen molar-refractivity contribution in [3.63, 3.8) is 0 Å². The predicted molar refractivity (Wildman–Crippen MR) is 44.4 cm³/mol. The number of aromatic nitrogens is 2. The van der Waals surface area contributed by atoms with E-state index in [0.717, 1.165) is 26.1 Å². The van der Waals surface area contributed by atoms with Crippen molar-refractivity contribution in [1.29, 1.82) is 0 Å². The molecule has 3 rings (SSSR count). The molecule has 1 aromatic heterocycles. The van der Waals surface area contributed by atoms with Crippen LogP contribution in [0.3, 0.4) is 0 Å². The van der Waals surface area contributed by atoms with E-state index in [2.05, 4.69) is 15.1 Å². The molecule has 0 N–H and O–H groups in total. The molecule has 1 aromatic rings. The SMILES string of the molecule is c1nnc(N2CC3(CCCO3)C2)o1. The summed E-state index contributed by atoms with van der Waals surface area (Å²) in [5.74, 6) is 0. The fourth-order valence-corrected chi connectivity index (χ4v) is 2.09. The van der Waals surface area contributed by atoms with Gasteiger partial charge in [-0.2, -0.15) is 0 Å². The van der Waals surface area contributed by atoms with Crippen molar-refractivity contribution in [2.45, 2.75) is 18.4 Å². The number of hydrogen-bond acceptors (Lipinski definition) is 5. The molecule has 2 aliphatic rings. The summed E-state index contributed by atoms with van der Waals surface area (Å²) in [6, 6.07) is 0.612. The Labute approximate surface area is 75.7 Å². The fraction of sp³-hybridized carbons (Fsp3) is 0.750. The van der Waals surface area contributed by atoms with E-state index in [1.807, 2.05) is 0 Å². The van der Waals surface area contributed by atoms with Crippen molar-refractivity contribution in [3.8, 4) is 0 Å². The number of nitrogens with zero attached hydrogens (tertiary/aromatic N) is 3. The van der Waals surface area contributed by atoms with Crippen LogP contribution in [0.4, 0.5) is 6.01 Å². The lowest BCUT2D eigenvalue weighted by molar-refractivity contribution is -0.0202. The first kappa shape index (κ1) is 7.32. The summed E-state index contributed by atoms with van der Waals surface area (Å²) in [7, 11) is 0. The average molecular weight is 181 g/mol. The van der Waals surface area contributed by atoms with Crippen LogP contribution in [-0.2, 0) is 4.74 Å². The van der Waals surface area contributed by atoms with Gasteiger partial charge in [-0.05, 0) is 12.8 Å². The smallest absolute Gasteiger partial charge is 0.318 e. The van der Waals surface area contributed by atoms with Crippen LogP contribution in [0.15, 0.2) is 10.8 Å². The zero-order chi connectivity index (χ0) is 8.73. The van der Waals surface area contributed by atoms with Crippen LogP contribution in [0, 0.1) is 0 Å². The molecule has 1 spiro atoms. The Hall–Kier alpha value is -1.10. The van der Waals surface area contributed by atoms with Crippen LogP contribution in [0.1, 0.15) is 12.8 Å². The third kappa shape index (κ3) is 1.03. The van der Waals surface area contributed by atoms with Crippen LogP contribution in [0.2, 0.25) is 0 Å². The van der Waals surface area contributed by atoms with Gasteiger partial charge < -0.3 is 14.1 Å². The van der Waals surface area contributed by atoms with Gasteiger partial charge in [0.2, 0.25) is 6.39 Å². The molecule has 0 atom stereocenters. The Bertz CT molecular complexity index is 284. The van der Waals surface area contributed by atoms with E-state index >= 15 is 0 Å². The second-order valence-electron chi connectivity index (χ2n) is 3.71. The number of hydrogen-bond donors (Lipinski definition) is 0. The normalized spacial score (nSPS) is 25.1. The maximum Gasteiger partial charge on any atom is 0.318 e. The van der Waals surface area contributed by atoms with Crippen LogP contribution in [-0.4, -0.2) is 35.5 Å². The van der Waals surface area contributed by atoms with E-state index in [-0.39, 0.29) is 5.60 Å². The summed E-state index contributed by atoms with van der Waals surface area (Å²) in [5, 5.41) is 7.49. The maximum absolute atomic E-state index is 5.67. The molecule has 13 heavy (non-hydrogen) atoms. The van der Waals surface area contributed by atoms with Gasteiger partial charge in [0, 0.05) is 6.61 Å². The molecule has 0 radical (unpaired) electrons. The molecular formula is C8H11N3O2. The Morgan fingerprint density at radius 1 is 1.46 bits per heavy atom. The first-order valence-electron chi connectivity index (χ1n) is 4.53. The highest BCUT2D eigenvalue weighted by Gasteiger charge is 2.47. The Morgan fingerprint density at radius 2 is 2.38 bits per heavy atom. The monoisotopic (exact) mass is 181 g/mol. The lowest BCUT2D eigenvalue weighted by Gasteiger charge is -2.45. The zero-order valence-electron chi connectivity index (χ0n) is 7.27. The van der Waals surface area contributed by atoms with Gasteiger partial charge in [-0.3, -0.25) is 0 Å². The van der Waals surface area contributed by atoms with E-state index in [9.17, 15) is 0 Å². The van der Waals surface area contributed by atoms with Crippen LogP contribution in [0.5, 0.6) is 0 Å². The molecule has 2 fully saturated rings. The quantitative estimate of drug-likeness (QED) is 0.629. The zero-order valence-corrected chi connectivity index (χ0v) is 7.27.